The third-order valence-electron chi connectivity index (χ3n) is 3.56. The molecule has 6 heteroatoms. The first-order valence-electron chi connectivity index (χ1n) is 8.18. The zero-order chi connectivity index (χ0) is 19.0. The highest BCUT2D eigenvalue weighted by atomic mass is 16.5. The average Bonchev–Trinajstić information content (AvgIpc) is 2.57. The van der Waals surface area contributed by atoms with Crippen molar-refractivity contribution in [1.82, 2.24) is 4.90 Å². The van der Waals surface area contributed by atoms with E-state index in [0.29, 0.717) is 11.5 Å². The Hall–Kier alpha value is -2.50. The first-order valence-corrected chi connectivity index (χ1v) is 8.18. The van der Waals surface area contributed by atoms with Crippen LogP contribution >= 0.6 is 0 Å². The van der Waals surface area contributed by atoms with Crippen molar-refractivity contribution >= 4 is 18.0 Å². The summed E-state index contributed by atoms with van der Waals surface area (Å²) in [6.07, 6.45) is 2.88. The van der Waals surface area contributed by atoms with Crippen LogP contribution in [-0.4, -0.2) is 49.7 Å². The summed E-state index contributed by atoms with van der Waals surface area (Å²) >= 11 is 0. The molecule has 0 atom stereocenters. The molecule has 0 aliphatic heterocycles. The number of hydrogen-bond donors (Lipinski definition) is 0. The highest BCUT2D eigenvalue weighted by molar-refractivity contribution is 5.89. The van der Waals surface area contributed by atoms with Gasteiger partial charge in [-0.3, -0.25) is 4.79 Å². The normalized spacial score (nSPS) is 11.0. The monoisotopic (exact) mass is 349 g/mol. The minimum Gasteiger partial charge on any atom is -0.493 e. The maximum atomic E-state index is 12.2. The summed E-state index contributed by atoms with van der Waals surface area (Å²) in [5.74, 6) is 0.390. The van der Waals surface area contributed by atoms with E-state index in [1.807, 2.05) is 27.7 Å². The van der Waals surface area contributed by atoms with Crippen molar-refractivity contribution < 1.29 is 23.8 Å². The maximum absolute atomic E-state index is 12.2. The molecule has 0 bridgehead atoms. The minimum absolute atomic E-state index is 0.0495. The van der Waals surface area contributed by atoms with Gasteiger partial charge in [-0.15, -0.1) is 0 Å². The Morgan fingerprint density at radius 3 is 2.16 bits per heavy atom. The zero-order valence-electron chi connectivity index (χ0n) is 15.7. The molecule has 0 saturated heterocycles. The van der Waals surface area contributed by atoms with E-state index in [-0.39, 0.29) is 24.6 Å². The van der Waals surface area contributed by atoms with Gasteiger partial charge in [0.2, 0.25) is 0 Å². The third-order valence-corrected chi connectivity index (χ3v) is 3.56. The van der Waals surface area contributed by atoms with Gasteiger partial charge in [-0.05, 0) is 51.5 Å². The fourth-order valence-corrected chi connectivity index (χ4v) is 2.55. The van der Waals surface area contributed by atoms with Gasteiger partial charge in [-0.25, -0.2) is 4.79 Å². The Morgan fingerprint density at radius 1 is 1.04 bits per heavy atom. The number of nitrogens with zero attached hydrogens (tertiary/aromatic N) is 1. The van der Waals surface area contributed by atoms with E-state index in [1.165, 1.54) is 6.08 Å². The molecule has 0 unspecified atom stereocenters. The average molecular weight is 349 g/mol. The molecular weight excluding hydrogens is 322 g/mol. The fraction of sp³-hybridized carbons (Fsp3) is 0.474. The van der Waals surface area contributed by atoms with Crippen molar-refractivity contribution in [3.05, 3.63) is 29.8 Å². The SMILES string of the molecule is COc1ccc(/C=C/C(=O)OCC(=O)N(C(C)C)C(C)C)cc1OC. The van der Waals surface area contributed by atoms with E-state index < -0.39 is 5.97 Å². The van der Waals surface area contributed by atoms with Crippen LogP contribution in [0.25, 0.3) is 6.08 Å². The highest BCUT2D eigenvalue weighted by Gasteiger charge is 2.20. The predicted molar refractivity (Wildman–Crippen MR) is 96.7 cm³/mol. The zero-order valence-corrected chi connectivity index (χ0v) is 15.7. The molecule has 0 spiro atoms. The van der Waals surface area contributed by atoms with E-state index in [9.17, 15) is 9.59 Å². The number of rotatable bonds is 8. The largest absolute Gasteiger partial charge is 0.493 e. The summed E-state index contributed by atoms with van der Waals surface area (Å²) in [7, 11) is 3.10. The van der Waals surface area contributed by atoms with Gasteiger partial charge >= 0.3 is 5.97 Å². The highest BCUT2D eigenvalue weighted by Crippen LogP contribution is 2.27. The summed E-state index contributed by atoms with van der Waals surface area (Å²) in [5.41, 5.74) is 0.756. The fourth-order valence-electron chi connectivity index (χ4n) is 2.55. The van der Waals surface area contributed by atoms with Crippen molar-refractivity contribution in [1.29, 1.82) is 0 Å². The van der Waals surface area contributed by atoms with Gasteiger partial charge in [0, 0.05) is 18.2 Å². The number of benzene rings is 1. The molecular formula is C19H27NO5. The van der Waals surface area contributed by atoms with Gasteiger partial charge in [-0.1, -0.05) is 6.07 Å². The summed E-state index contributed by atoms with van der Waals surface area (Å²) < 4.78 is 15.4. The Bertz CT molecular complexity index is 614. The molecule has 0 radical (unpaired) electrons. The van der Waals surface area contributed by atoms with Crippen molar-refractivity contribution in [3.63, 3.8) is 0 Å². The second-order valence-corrected chi connectivity index (χ2v) is 6.04. The Kier molecular flexibility index (Phi) is 7.98. The third kappa shape index (κ3) is 6.14. The van der Waals surface area contributed by atoms with Crippen LogP contribution in [0.3, 0.4) is 0 Å². The second-order valence-electron chi connectivity index (χ2n) is 6.04. The van der Waals surface area contributed by atoms with Crippen molar-refractivity contribution in [2.75, 3.05) is 20.8 Å². The van der Waals surface area contributed by atoms with Crippen LogP contribution < -0.4 is 9.47 Å². The molecule has 138 valence electrons. The standard InChI is InChI=1S/C19H27NO5/c1-13(2)20(14(3)4)18(21)12-25-19(22)10-8-15-7-9-16(23-5)17(11-15)24-6/h7-11,13-14H,12H2,1-6H3/b10-8+. The smallest absolute Gasteiger partial charge is 0.331 e. The van der Waals surface area contributed by atoms with Crippen LogP contribution in [0.5, 0.6) is 11.5 Å². The quantitative estimate of drug-likeness (QED) is 0.533. The molecule has 0 fully saturated rings. The van der Waals surface area contributed by atoms with E-state index in [1.54, 1.807) is 43.4 Å². The number of esters is 1. The van der Waals surface area contributed by atoms with E-state index in [4.69, 9.17) is 14.2 Å². The molecule has 1 aromatic rings. The molecule has 0 aliphatic carbocycles. The van der Waals surface area contributed by atoms with E-state index >= 15 is 0 Å². The van der Waals surface area contributed by atoms with Crippen LogP contribution in [0.15, 0.2) is 24.3 Å². The number of carbonyl (C=O) groups is 2. The van der Waals surface area contributed by atoms with Gasteiger partial charge in [-0.2, -0.15) is 0 Å². The number of ether oxygens (including phenoxy) is 3. The van der Waals surface area contributed by atoms with Gasteiger partial charge in [0.05, 0.1) is 14.2 Å². The first kappa shape index (κ1) is 20.5. The summed E-state index contributed by atoms with van der Waals surface area (Å²) in [4.78, 5) is 25.7. The number of methoxy groups -OCH3 is 2. The topological polar surface area (TPSA) is 65.1 Å². The molecule has 0 aliphatic rings. The molecule has 0 saturated carbocycles. The molecule has 1 amide bonds. The van der Waals surface area contributed by atoms with Crippen LogP contribution in [0.2, 0.25) is 0 Å². The van der Waals surface area contributed by atoms with Gasteiger partial charge in [0.25, 0.3) is 5.91 Å². The van der Waals surface area contributed by atoms with Crippen molar-refractivity contribution in [2.45, 2.75) is 39.8 Å². The lowest BCUT2D eigenvalue weighted by atomic mass is 10.2. The molecule has 1 aromatic carbocycles. The van der Waals surface area contributed by atoms with Gasteiger partial charge in [0.15, 0.2) is 18.1 Å². The van der Waals surface area contributed by atoms with Crippen LogP contribution in [-0.2, 0) is 14.3 Å². The molecule has 25 heavy (non-hydrogen) atoms. The van der Waals surface area contributed by atoms with Crippen LogP contribution in [0.4, 0.5) is 0 Å². The molecule has 6 nitrogen and oxygen atoms in total. The molecule has 0 aromatic heterocycles. The predicted octanol–water partition coefficient (Wildman–Crippen LogP) is 2.91. The van der Waals surface area contributed by atoms with Gasteiger partial charge < -0.3 is 19.1 Å². The molecule has 1 rings (SSSR count). The van der Waals surface area contributed by atoms with Gasteiger partial charge in [0.1, 0.15) is 0 Å². The molecule has 0 heterocycles. The number of amides is 1. The van der Waals surface area contributed by atoms with E-state index in [0.717, 1.165) is 5.56 Å². The van der Waals surface area contributed by atoms with Crippen molar-refractivity contribution in [3.8, 4) is 11.5 Å². The van der Waals surface area contributed by atoms with Crippen LogP contribution in [0, 0.1) is 0 Å². The summed E-state index contributed by atoms with van der Waals surface area (Å²) in [6.45, 7) is 7.44. The summed E-state index contributed by atoms with van der Waals surface area (Å²) in [5, 5.41) is 0. The lowest BCUT2D eigenvalue weighted by Gasteiger charge is -2.30. The van der Waals surface area contributed by atoms with E-state index in [2.05, 4.69) is 0 Å². The minimum atomic E-state index is -0.574. The number of hydrogen-bond acceptors (Lipinski definition) is 5. The maximum Gasteiger partial charge on any atom is 0.331 e. The first-order chi connectivity index (χ1) is 11.8. The molecule has 0 N–H and O–H groups in total. The Balaban J connectivity index is 2.65. The second kappa shape index (κ2) is 9.71. The van der Waals surface area contributed by atoms with Crippen LogP contribution in [0.1, 0.15) is 33.3 Å². The number of carbonyl (C=O) groups excluding carboxylic acids is 2. The summed E-state index contributed by atoms with van der Waals surface area (Å²) in [6, 6.07) is 5.38. The Labute approximate surface area is 149 Å². The Morgan fingerprint density at radius 2 is 1.64 bits per heavy atom. The lowest BCUT2D eigenvalue weighted by molar-refractivity contribution is -0.150. The lowest BCUT2D eigenvalue weighted by Crippen LogP contribution is -2.44. The van der Waals surface area contributed by atoms with Crippen molar-refractivity contribution in [2.24, 2.45) is 0 Å².